The summed E-state index contributed by atoms with van der Waals surface area (Å²) in [6, 6.07) is 3.73. The van der Waals surface area contributed by atoms with Crippen LogP contribution in [0.5, 0.6) is 0 Å². The van der Waals surface area contributed by atoms with Crippen molar-refractivity contribution in [3.8, 4) is 0 Å². The Hall–Kier alpha value is -2.15. The summed E-state index contributed by atoms with van der Waals surface area (Å²) >= 11 is 0. The van der Waals surface area contributed by atoms with Crippen LogP contribution in [0, 0.1) is 0 Å². The third kappa shape index (κ3) is 5.49. The van der Waals surface area contributed by atoms with Crippen molar-refractivity contribution in [2.24, 2.45) is 0 Å². The molecule has 1 saturated heterocycles. The van der Waals surface area contributed by atoms with E-state index in [9.17, 15) is 9.59 Å². The predicted molar refractivity (Wildman–Crippen MR) is 93.3 cm³/mol. The van der Waals surface area contributed by atoms with Gasteiger partial charge in [0, 0.05) is 19.1 Å². The molecule has 1 aliphatic heterocycles. The predicted octanol–water partition coefficient (Wildman–Crippen LogP) is 1.81. The second kappa shape index (κ2) is 8.63. The number of aromatic nitrogens is 1. The van der Waals surface area contributed by atoms with Crippen molar-refractivity contribution in [2.45, 2.75) is 39.2 Å². The third-order valence-electron chi connectivity index (χ3n) is 4.13. The van der Waals surface area contributed by atoms with Gasteiger partial charge in [-0.25, -0.2) is 4.98 Å². The normalized spacial score (nSPS) is 14.9. The Bertz CT molecular complexity index is 553. The summed E-state index contributed by atoms with van der Waals surface area (Å²) in [5.74, 6) is -0.246. The van der Waals surface area contributed by atoms with Gasteiger partial charge < -0.3 is 15.3 Å². The highest BCUT2D eigenvalue weighted by atomic mass is 16.4. The minimum absolute atomic E-state index is 0.0218. The molecule has 24 heavy (non-hydrogen) atoms. The van der Waals surface area contributed by atoms with Gasteiger partial charge >= 0.3 is 5.97 Å². The summed E-state index contributed by atoms with van der Waals surface area (Å²) in [7, 11) is 0. The maximum atomic E-state index is 12.1. The zero-order valence-electron chi connectivity index (χ0n) is 14.4. The van der Waals surface area contributed by atoms with Crippen LogP contribution >= 0.6 is 0 Å². The second-order valence-electron chi connectivity index (χ2n) is 6.39. The molecule has 2 rings (SSSR count). The molecule has 2 heterocycles. The lowest BCUT2D eigenvalue weighted by Gasteiger charge is -2.27. The van der Waals surface area contributed by atoms with E-state index in [2.05, 4.69) is 15.2 Å². The van der Waals surface area contributed by atoms with Crippen LogP contribution < -0.4 is 10.2 Å². The maximum Gasteiger partial charge on any atom is 0.317 e. The van der Waals surface area contributed by atoms with Crippen molar-refractivity contribution in [3.05, 3.63) is 18.3 Å². The molecule has 2 N–H and O–H groups in total. The number of nitrogens with zero attached hydrogens (tertiary/aromatic N) is 3. The van der Waals surface area contributed by atoms with E-state index in [0.29, 0.717) is 5.69 Å². The standard InChI is InChI=1S/C17H26N4O3/c1-13(2)21(12-17(23)24)11-16(22)19-14-6-7-15(18-10-14)20-8-4-3-5-9-20/h6-7,10,13H,3-5,8-9,11-12H2,1-2H3,(H,19,22)(H,23,24). The highest BCUT2D eigenvalue weighted by Crippen LogP contribution is 2.18. The summed E-state index contributed by atoms with van der Waals surface area (Å²) in [6.07, 6.45) is 5.30. The lowest BCUT2D eigenvalue weighted by Crippen LogP contribution is -2.41. The lowest BCUT2D eigenvalue weighted by atomic mass is 10.1. The Kier molecular flexibility index (Phi) is 6.54. The van der Waals surface area contributed by atoms with Crippen LogP contribution in [-0.4, -0.2) is 59.1 Å². The van der Waals surface area contributed by atoms with Crippen molar-refractivity contribution in [1.82, 2.24) is 9.88 Å². The molecular weight excluding hydrogens is 308 g/mol. The smallest absolute Gasteiger partial charge is 0.317 e. The van der Waals surface area contributed by atoms with Gasteiger partial charge in [-0.1, -0.05) is 0 Å². The molecule has 0 unspecified atom stereocenters. The molecule has 0 radical (unpaired) electrons. The number of nitrogens with one attached hydrogen (secondary N) is 1. The molecule has 7 heteroatoms. The van der Waals surface area contributed by atoms with Crippen molar-refractivity contribution >= 4 is 23.4 Å². The molecule has 1 amide bonds. The Morgan fingerprint density at radius 3 is 2.50 bits per heavy atom. The van der Waals surface area contributed by atoms with Gasteiger partial charge in [-0.05, 0) is 45.2 Å². The first-order chi connectivity index (χ1) is 11.5. The van der Waals surface area contributed by atoms with Crippen LogP contribution in [0.2, 0.25) is 0 Å². The summed E-state index contributed by atoms with van der Waals surface area (Å²) in [6.45, 7) is 5.67. The largest absolute Gasteiger partial charge is 0.480 e. The number of carbonyl (C=O) groups is 2. The minimum Gasteiger partial charge on any atom is -0.480 e. The first kappa shape index (κ1) is 18.2. The van der Waals surface area contributed by atoms with Gasteiger partial charge in [-0.15, -0.1) is 0 Å². The molecule has 1 fully saturated rings. The number of piperidine rings is 1. The van der Waals surface area contributed by atoms with Crippen LogP contribution in [-0.2, 0) is 9.59 Å². The van der Waals surface area contributed by atoms with Gasteiger partial charge in [0.1, 0.15) is 5.82 Å². The van der Waals surface area contributed by atoms with Crippen LogP contribution in [0.1, 0.15) is 33.1 Å². The lowest BCUT2D eigenvalue weighted by molar-refractivity contribution is -0.139. The highest BCUT2D eigenvalue weighted by Gasteiger charge is 2.17. The van der Waals surface area contributed by atoms with E-state index in [1.165, 1.54) is 19.3 Å². The molecule has 0 aromatic carbocycles. The van der Waals surface area contributed by atoms with E-state index in [1.807, 2.05) is 26.0 Å². The molecular formula is C17H26N4O3. The number of anilines is 2. The number of rotatable bonds is 7. The Morgan fingerprint density at radius 2 is 1.96 bits per heavy atom. The van der Waals surface area contributed by atoms with Crippen LogP contribution in [0.4, 0.5) is 11.5 Å². The van der Waals surface area contributed by atoms with Crippen LogP contribution in [0.15, 0.2) is 18.3 Å². The first-order valence-corrected chi connectivity index (χ1v) is 8.42. The topological polar surface area (TPSA) is 85.8 Å². The summed E-state index contributed by atoms with van der Waals surface area (Å²) in [5.41, 5.74) is 0.625. The van der Waals surface area contributed by atoms with Gasteiger partial charge in [0.15, 0.2) is 0 Å². The van der Waals surface area contributed by atoms with E-state index < -0.39 is 5.97 Å². The molecule has 0 saturated carbocycles. The molecule has 0 atom stereocenters. The fourth-order valence-electron chi connectivity index (χ4n) is 2.75. The van der Waals surface area contributed by atoms with Gasteiger partial charge in [-0.3, -0.25) is 14.5 Å². The van der Waals surface area contributed by atoms with Gasteiger partial charge in [0.05, 0.1) is 25.0 Å². The number of carbonyl (C=O) groups excluding carboxylic acids is 1. The number of amides is 1. The van der Waals surface area contributed by atoms with Gasteiger partial charge in [0.2, 0.25) is 5.91 Å². The zero-order valence-corrected chi connectivity index (χ0v) is 14.4. The van der Waals surface area contributed by atoms with Gasteiger partial charge in [0.25, 0.3) is 0 Å². The SMILES string of the molecule is CC(C)N(CC(=O)O)CC(=O)Nc1ccc(N2CCCCC2)nc1. The second-order valence-corrected chi connectivity index (χ2v) is 6.39. The zero-order chi connectivity index (χ0) is 17.5. The number of pyridine rings is 1. The average Bonchev–Trinajstić information content (AvgIpc) is 2.55. The quantitative estimate of drug-likeness (QED) is 0.791. The van der Waals surface area contributed by atoms with E-state index in [1.54, 1.807) is 11.1 Å². The van der Waals surface area contributed by atoms with E-state index in [4.69, 9.17) is 5.11 Å². The molecule has 0 spiro atoms. The van der Waals surface area contributed by atoms with Crippen molar-refractivity contribution in [3.63, 3.8) is 0 Å². The monoisotopic (exact) mass is 334 g/mol. The molecule has 0 bridgehead atoms. The molecule has 7 nitrogen and oxygen atoms in total. The summed E-state index contributed by atoms with van der Waals surface area (Å²) in [4.78, 5) is 31.2. The van der Waals surface area contributed by atoms with Gasteiger partial charge in [-0.2, -0.15) is 0 Å². The van der Waals surface area contributed by atoms with E-state index >= 15 is 0 Å². The number of aliphatic carboxylic acids is 1. The average molecular weight is 334 g/mol. The number of hydrogen-bond donors (Lipinski definition) is 2. The first-order valence-electron chi connectivity index (χ1n) is 8.42. The third-order valence-corrected chi connectivity index (χ3v) is 4.13. The number of carboxylic acids is 1. The summed E-state index contributed by atoms with van der Waals surface area (Å²) in [5, 5.41) is 11.7. The number of carboxylic acid groups (broad SMARTS) is 1. The van der Waals surface area contributed by atoms with E-state index in [-0.39, 0.29) is 25.0 Å². The van der Waals surface area contributed by atoms with Crippen molar-refractivity contribution in [2.75, 3.05) is 36.4 Å². The van der Waals surface area contributed by atoms with Crippen LogP contribution in [0.25, 0.3) is 0 Å². The Morgan fingerprint density at radius 1 is 1.25 bits per heavy atom. The maximum absolute atomic E-state index is 12.1. The molecule has 1 aromatic rings. The fourth-order valence-corrected chi connectivity index (χ4v) is 2.75. The van der Waals surface area contributed by atoms with Crippen LogP contribution in [0.3, 0.4) is 0 Å². The van der Waals surface area contributed by atoms with Crippen molar-refractivity contribution < 1.29 is 14.7 Å². The summed E-state index contributed by atoms with van der Waals surface area (Å²) < 4.78 is 0. The van der Waals surface area contributed by atoms with E-state index in [0.717, 1.165) is 18.9 Å². The molecule has 132 valence electrons. The Labute approximate surface area is 142 Å². The van der Waals surface area contributed by atoms with Crippen molar-refractivity contribution in [1.29, 1.82) is 0 Å². The molecule has 1 aromatic heterocycles. The molecule has 0 aliphatic carbocycles. The molecule has 1 aliphatic rings. The number of hydrogen-bond acceptors (Lipinski definition) is 5. The highest BCUT2D eigenvalue weighted by molar-refractivity contribution is 5.92. The Balaban J connectivity index is 1.90. The fraction of sp³-hybridized carbons (Fsp3) is 0.588. The minimum atomic E-state index is -0.941.